The van der Waals surface area contributed by atoms with Gasteiger partial charge in [0.05, 0.1) is 33.0 Å². The molecule has 0 aliphatic carbocycles. The summed E-state index contributed by atoms with van der Waals surface area (Å²) in [6.45, 7) is 3.01. The van der Waals surface area contributed by atoms with Gasteiger partial charge in [-0.2, -0.15) is 0 Å². The van der Waals surface area contributed by atoms with Gasteiger partial charge in [0.25, 0.3) is 5.91 Å². The van der Waals surface area contributed by atoms with Crippen LogP contribution in [-0.4, -0.2) is 51.4 Å². The fourth-order valence-electron chi connectivity index (χ4n) is 2.58. The third-order valence-electron chi connectivity index (χ3n) is 3.95. The molecule has 1 aliphatic rings. The number of methoxy groups -OCH3 is 2. The van der Waals surface area contributed by atoms with E-state index in [4.69, 9.17) is 14.2 Å². The Balaban J connectivity index is 1.70. The second-order valence-corrected chi connectivity index (χ2v) is 5.56. The number of nitrogens with zero attached hydrogens (tertiary/aromatic N) is 2. The van der Waals surface area contributed by atoms with Crippen molar-refractivity contribution in [1.29, 1.82) is 0 Å². The molecule has 132 valence electrons. The van der Waals surface area contributed by atoms with Crippen molar-refractivity contribution < 1.29 is 19.0 Å². The lowest BCUT2D eigenvalue weighted by Gasteiger charge is -2.27. The molecular weight excluding hydrogens is 322 g/mol. The topological polar surface area (TPSA) is 72.9 Å². The molecule has 0 atom stereocenters. The van der Waals surface area contributed by atoms with Gasteiger partial charge in [-0.15, -0.1) is 0 Å². The highest BCUT2D eigenvalue weighted by Gasteiger charge is 2.14. The minimum Gasteiger partial charge on any atom is -0.497 e. The number of benzene rings is 1. The zero-order chi connectivity index (χ0) is 17.6. The van der Waals surface area contributed by atoms with Gasteiger partial charge in [0.15, 0.2) is 0 Å². The lowest BCUT2D eigenvalue weighted by molar-refractivity contribution is 0.102. The van der Waals surface area contributed by atoms with Gasteiger partial charge in [-0.3, -0.25) is 4.79 Å². The zero-order valence-corrected chi connectivity index (χ0v) is 14.3. The summed E-state index contributed by atoms with van der Waals surface area (Å²) in [5, 5.41) is 2.83. The molecule has 1 fully saturated rings. The van der Waals surface area contributed by atoms with E-state index in [1.165, 1.54) is 0 Å². The van der Waals surface area contributed by atoms with Crippen LogP contribution >= 0.6 is 0 Å². The first-order valence-corrected chi connectivity index (χ1v) is 8.03. The van der Waals surface area contributed by atoms with Gasteiger partial charge >= 0.3 is 0 Å². The maximum absolute atomic E-state index is 12.4. The lowest BCUT2D eigenvalue weighted by atomic mass is 10.2. The number of hydrogen-bond donors (Lipinski definition) is 1. The normalized spacial score (nSPS) is 14.1. The number of aromatic nitrogens is 1. The molecule has 1 saturated heterocycles. The lowest BCUT2D eigenvalue weighted by Crippen LogP contribution is -2.36. The summed E-state index contributed by atoms with van der Waals surface area (Å²) >= 11 is 0. The predicted molar refractivity (Wildman–Crippen MR) is 94.8 cm³/mol. The molecule has 3 rings (SSSR count). The van der Waals surface area contributed by atoms with E-state index < -0.39 is 0 Å². The van der Waals surface area contributed by atoms with Gasteiger partial charge in [-0.25, -0.2) is 4.98 Å². The van der Waals surface area contributed by atoms with Gasteiger partial charge in [0.2, 0.25) is 0 Å². The van der Waals surface area contributed by atoms with Gasteiger partial charge in [0.1, 0.15) is 17.3 Å². The molecule has 1 aromatic heterocycles. The number of ether oxygens (including phenoxy) is 3. The highest BCUT2D eigenvalue weighted by atomic mass is 16.5. The van der Waals surface area contributed by atoms with E-state index in [0.29, 0.717) is 36.0 Å². The fraction of sp³-hybridized carbons (Fsp3) is 0.333. The zero-order valence-electron chi connectivity index (χ0n) is 14.3. The third kappa shape index (κ3) is 4.19. The van der Waals surface area contributed by atoms with E-state index in [9.17, 15) is 4.79 Å². The average molecular weight is 343 g/mol. The standard InChI is InChI=1S/C18H21N3O4/c1-23-15-9-14(10-16(11-15)24-2)20-18(22)13-3-4-17(19-12-13)21-5-7-25-8-6-21/h3-4,9-12H,5-8H2,1-2H3,(H,20,22). The van der Waals surface area contributed by atoms with Gasteiger partial charge < -0.3 is 24.4 Å². The molecule has 2 heterocycles. The monoisotopic (exact) mass is 343 g/mol. The van der Waals surface area contributed by atoms with Gasteiger partial charge in [-0.05, 0) is 12.1 Å². The molecule has 7 heteroatoms. The van der Waals surface area contributed by atoms with Crippen molar-refractivity contribution in [2.45, 2.75) is 0 Å². The molecule has 0 spiro atoms. The predicted octanol–water partition coefficient (Wildman–Crippen LogP) is 2.19. The van der Waals surface area contributed by atoms with Crippen molar-refractivity contribution in [3.05, 3.63) is 42.1 Å². The Morgan fingerprint density at radius 2 is 1.80 bits per heavy atom. The Labute approximate surface area is 146 Å². The van der Waals surface area contributed by atoms with Crippen LogP contribution in [-0.2, 0) is 4.74 Å². The van der Waals surface area contributed by atoms with Crippen LogP contribution in [0.5, 0.6) is 11.5 Å². The van der Waals surface area contributed by atoms with E-state index in [1.54, 1.807) is 44.7 Å². The van der Waals surface area contributed by atoms with E-state index >= 15 is 0 Å². The molecule has 1 aromatic carbocycles. The average Bonchev–Trinajstić information content (AvgIpc) is 2.68. The first-order valence-electron chi connectivity index (χ1n) is 8.03. The molecule has 7 nitrogen and oxygen atoms in total. The van der Waals surface area contributed by atoms with Crippen LogP contribution in [0.15, 0.2) is 36.5 Å². The fourth-order valence-corrected chi connectivity index (χ4v) is 2.58. The van der Waals surface area contributed by atoms with Gasteiger partial charge in [-0.1, -0.05) is 0 Å². The summed E-state index contributed by atoms with van der Waals surface area (Å²) in [5.74, 6) is 1.82. The molecule has 0 bridgehead atoms. The van der Waals surface area contributed by atoms with Gasteiger partial charge in [0, 0.05) is 43.2 Å². The molecule has 1 N–H and O–H groups in total. The minimum absolute atomic E-state index is 0.240. The van der Waals surface area contributed by atoms with Crippen molar-refractivity contribution in [2.75, 3.05) is 50.7 Å². The number of rotatable bonds is 5. The van der Waals surface area contributed by atoms with Crippen LogP contribution in [0, 0.1) is 0 Å². The maximum atomic E-state index is 12.4. The molecular formula is C18H21N3O4. The van der Waals surface area contributed by atoms with E-state index in [-0.39, 0.29) is 5.91 Å². The Kier molecular flexibility index (Phi) is 5.35. The molecule has 0 saturated carbocycles. The third-order valence-corrected chi connectivity index (χ3v) is 3.95. The first kappa shape index (κ1) is 17.0. The Morgan fingerprint density at radius 3 is 2.36 bits per heavy atom. The highest BCUT2D eigenvalue weighted by Crippen LogP contribution is 2.26. The van der Waals surface area contributed by atoms with Crippen LogP contribution in [0.4, 0.5) is 11.5 Å². The summed E-state index contributed by atoms with van der Waals surface area (Å²) in [5.41, 5.74) is 1.08. The van der Waals surface area contributed by atoms with E-state index in [2.05, 4.69) is 15.2 Å². The Hall–Kier alpha value is -2.80. The highest BCUT2D eigenvalue weighted by molar-refractivity contribution is 6.04. The summed E-state index contributed by atoms with van der Waals surface area (Å²) in [6, 6.07) is 8.83. The second kappa shape index (κ2) is 7.85. The van der Waals surface area contributed by atoms with Crippen LogP contribution in [0.2, 0.25) is 0 Å². The molecule has 0 radical (unpaired) electrons. The van der Waals surface area contributed by atoms with E-state index in [0.717, 1.165) is 18.9 Å². The van der Waals surface area contributed by atoms with Crippen LogP contribution in [0.25, 0.3) is 0 Å². The summed E-state index contributed by atoms with van der Waals surface area (Å²) in [6.07, 6.45) is 1.58. The van der Waals surface area contributed by atoms with Crippen molar-refractivity contribution in [3.63, 3.8) is 0 Å². The molecule has 25 heavy (non-hydrogen) atoms. The number of carbonyl (C=O) groups excluding carboxylic acids is 1. The molecule has 0 unspecified atom stereocenters. The number of morpholine rings is 1. The van der Waals surface area contributed by atoms with Crippen LogP contribution < -0.4 is 19.7 Å². The summed E-state index contributed by atoms with van der Waals surface area (Å²) in [7, 11) is 3.13. The van der Waals surface area contributed by atoms with Crippen LogP contribution in [0.3, 0.4) is 0 Å². The maximum Gasteiger partial charge on any atom is 0.257 e. The molecule has 1 aliphatic heterocycles. The summed E-state index contributed by atoms with van der Waals surface area (Å²) in [4.78, 5) is 19.0. The van der Waals surface area contributed by atoms with Crippen molar-refractivity contribution in [2.24, 2.45) is 0 Å². The first-order chi connectivity index (χ1) is 12.2. The van der Waals surface area contributed by atoms with Crippen LogP contribution in [0.1, 0.15) is 10.4 Å². The number of amides is 1. The summed E-state index contributed by atoms with van der Waals surface area (Å²) < 4.78 is 15.7. The molecule has 2 aromatic rings. The van der Waals surface area contributed by atoms with Crippen molar-refractivity contribution in [3.8, 4) is 11.5 Å². The number of nitrogens with one attached hydrogen (secondary N) is 1. The number of carbonyl (C=O) groups is 1. The van der Waals surface area contributed by atoms with E-state index in [1.807, 2.05) is 6.07 Å². The number of anilines is 2. The second-order valence-electron chi connectivity index (χ2n) is 5.56. The Morgan fingerprint density at radius 1 is 1.12 bits per heavy atom. The van der Waals surface area contributed by atoms with Crippen molar-refractivity contribution in [1.82, 2.24) is 4.98 Å². The number of pyridine rings is 1. The quantitative estimate of drug-likeness (QED) is 0.897. The van der Waals surface area contributed by atoms with Crippen molar-refractivity contribution >= 4 is 17.4 Å². The molecule has 1 amide bonds. The Bertz CT molecular complexity index is 705. The SMILES string of the molecule is COc1cc(NC(=O)c2ccc(N3CCOCC3)nc2)cc(OC)c1. The smallest absolute Gasteiger partial charge is 0.257 e. The number of hydrogen-bond acceptors (Lipinski definition) is 6. The minimum atomic E-state index is -0.240. The largest absolute Gasteiger partial charge is 0.497 e.